The van der Waals surface area contributed by atoms with Gasteiger partial charge >= 0.3 is 0 Å². The molecule has 1 aliphatic rings. The molecule has 2 nitrogen and oxygen atoms in total. The molecule has 1 fully saturated rings. The van der Waals surface area contributed by atoms with Gasteiger partial charge in [0.1, 0.15) is 0 Å². The molecule has 0 aliphatic carbocycles. The minimum atomic E-state index is 0.773. The number of likely N-dealkylation sites (tertiary alicyclic amines) is 1. The Morgan fingerprint density at radius 1 is 1.50 bits per heavy atom. The van der Waals surface area contributed by atoms with Crippen LogP contribution < -0.4 is 0 Å². The third kappa shape index (κ3) is 2.61. The first kappa shape index (κ1) is 9.75. The number of likely N-dealkylation sites (N-methyl/N-ethyl adjacent to an activating group) is 1. The van der Waals surface area contributed by atoms with Crippen LogP contribution in [0.25, 0.3) is 0 Å². The summed E-state index contributed by atoms with van der Waals surface area (Å²) in [6, 6.07) is 0.773. The monoisotopic (exact) mass is 168 g/mol. The van der Waals surface area contributed by atoms with Crippen molar-refractivity contribution in [1.29, 1.82) is 0 Å². The highest BCUT2D eigenvalue weighted by Crippen LogP contribution is 2.12. The third-order valence-electron chi connectivity index (χ3n) is 2.58. The molecule has 1 aliphatic heterocycles. The molecule has 70 valence electrons. The third-order valence-corrected chi connectivity index (χ3v) is 2.58. The summed E-state index contributed by atoms with van der Waals surface area (Å²) in [7, 11) is 4.34. The zero-order chi connectivity index (χ0) is 8.97. The van der Waals surface area contributed by atoms with Crippen molar-refractivity contribution in [3.8, 4) is 0 Å². The second kappa shape index (κ2) is 4.63. The number of hydrogen-bond acceptors (Lipinski definition) is 2. The van der Waals surface area contributed by atoms with Crippen molar-refractivity contribution in [2.24, 2.45) is 0 Å². The summed E-state index contributed by atoms with van der Waals surface area (Å²) in [5, 5.41) is 0. The van der Waals surface area contributed by atoms with Gasteiger partial charge in [0, 0.05) is 25.7 Å². The van der Waals surface area contributed by atoms with Gasteiger partial charge in [0.05, 0.1) is 0 Å². The highest BCUT2D eigenvalue weighted by Gasteiger charge is 2.22. The topological polar surface area (TPSA) is 6.48 Å². The molecule has 0 N–H and O–H groups in total. The van der Waals surface area contributed by atoms with Gasteiger partial charge in [-0.15, -0.1) is 0 Å². The van der Waals surface area contributed by atoms with Crippen LogP contribution in [0.15, 0.2) is 12.2 Å². The summed E-state index contributed by atoms with van der Waals surface area (Å²) < 4.78 is 0. The van der Waals surface area contributed by atoms with E-state index in [0.717, 1.165) is 12.6 Å². The molecule has 1 rings (SSSR count). The van der Waals surface area contributed by atoms with Crippen LogP contribution in [0.5, 0.6) is 0 Å². The van der Waals surface area contributed by atoms with E-state index in [1.165, 1.54) is 19.5 Å². The quantitative estimate of drug-likeness (QED) is 0.584. The number of nitrogens with zero attached hydrogens (tertiary/aromatic N) is 2. The van der Waals surface area contributed by atoms with Crippen LogP contribution in [0.4, 0.5) is 0 Å². The highest BCUT2D eigenvalue weighted by molar-refractivity contribution is 4.87. The van der Waals surface area contributed by atoms with Gasteiger partial charge in [0.15, 0.2) is 0 Å². The minimum Gasteiger partial charge on any atom is -0.305 e. The van der Waals surface area contributed by atoms with Crippen molar-refractivity contribution in [3.05, 3.63) is 12.2 Å². The van der Waals surface area contributed by atoms with E-state index in [9.17, 15) is 0 Å². The van der Waals surface area contributed by atoms with Gasteiger partial charge in [-0.05, 0) is 27.4 Å². The smallest absolute Gasteiger partial charge is 0.0229 e. The van der Waals surface area contributed by atoms with Gasteiger partial charge in [-0.3, -0.25) is 4.90 Å². The molecule has 0 bridgehead atoms. The van der Waals surface area contributed by atoms with Crippen LogP contribution in [0.1, 0.15) is 13.3 Å². The summed E-state index contributed by atoms with van der Waals surface area (Å²) in [5.74, 6) is 0. The SMILES string of the molecule is CC=CCN1CC[C@H](N(C)C)C1. The van der Waals surface area contributed by atoms with Crippen LogP contribution >= 0.6 is 0 Å². The van der Waals surface area contributed by atoms with E-state index in [1.807, 2.05) is 0 Å². The molecule has 12 heavy (non-hydrogen) atoms. The first-order valence-corrected chi connectivity index (χ1v) is 4.74. The Kier molecular flexibility index (Phi) is 3.76. The minimum absolute atomic E-state index is 0.773. The van der Waals surface area contributed by atoms with Crippen LogP contribution in [0.2, 0.25) is 0 Å². The largest absolute Gasteiger partial charge is 0.305 e. The Hall–Kier alpha value is -0.340. The number of rotatable bonds is 3. The molecule has 0 aromatic rings. The van der Waals surface area contributed by atoms with Crippen molar-refractivity contribution >= 4 is 0 Å². The summed E-state index contributed by atoms with van der Waals surface area (Å²) in [6.07, 6.45) is 5.69. The highest BCUT2D eigenvalue weighted by atomic mass is 15.2. The average Bonchev–Trinajstić information content (AvgIpc) is 2.48. The van der Waals surface area contributed by atoms with Gasteiger partial charge in [-0.1, -0.05) is 12.2 Å². The predicted octanol–water partition coefficient (Wildman–Crippen LogP) is 1.20. The second-order valence-electron chi connectivity index (χ2n) is 3.73. The van der Waals surface area contributed by atoms with Crippen molar-refractivity contribution in [3.63, 3.8) is 0 Å². The van der Waals surface area contributed by atoms with E-state index < -0.39 is 0 Å². The van der Waals surface area contributed by atoms with Gasteiger partial charge in [-0.2, -0.15) is 0 Å². The molecule has 1 saturated heterocycles. The second-order valence-corrected chi connectivity index (χ2v) is 3.73. The molecule has 0 spiro atoms. The molecule has 0 amide bonds. The van der Waals surface area contributed by atoms with Crippen molar-refractivity contribution in [2.45, 2.75) is 19.4 Å². The van der Waals surface area contributed by atoms with E-state index in [1.54, 1.807) is 0 Å². The Balaban J connectivity index is 2.25. The maximum Gasteiger partial charge on any atom is 0.0229 e. The summed E-state index contributed by atoms with van der Waals surface area (Å²) in [5.41, 5.74) is 0. The van der Waals surface area contributed by atoms with Gasteiger partial charge in [0.25, 0.3) is 0 Å². The fourth-order valence-electron chi connectivity index (χ4n) is 1.65. The molecule has 0 aromatic carbocycles. The van der Waals surface area contributed by atoms with Crippen LogP contribution in [0, 0.1) is 0 Å². The standard InChI is InChI=1S/C10H20N2/c1-4-5-7-12-8-6-10(9-12)11(2)3/h4-5,10H,6-9H2,1-3H3/t10-/m0/s1. The van der Waals surface area contributed by atoms with E-state index in [-0.39, 0.29) is 0 Å². The molecule has 1 atom stereocenters. The van der Waals surface area contributed by atoms with Crippen LogP contribution in [-0.2, 0) is 0 Å². The van der Waals surface area contributed by atoms with Crippen molar-refractivity contribution < 1.29 is 0 Å². The summed E-state index contributed by atoms with van der Waals surface area (Å²) >= 11 is 0. The normalized spacial score (nSPS) is 26.2. The number of allylic oxidation sites excluding steroid dienone is 1. The van der Waals surface area contributed by atoms with Gasteiger partial charge in [0.2, 0.25) is 0 Å². The summed E-state index contributed by atoms with van der Waals surface area (Å²) in [6.45, 7) is 5.70. The van der Waals surface area contributed by atoms with E-state index in [0.29, 0.717) is 0 Å². The molecule has 0 unspecified atom stereocenters. The first-order valence-electron chi connectivity index (χ1n) is 4.74. The predicted molar refractivity (Wildman–Crippen MR) is 53.3 cm³/mol. The molecule has 1 heterocycles. The maximum atomic E-state index is 2.50. The van der Waals surface area contributed by atoms with Crippen molar-refractivity contribution in [1.82, 2.24) is 9.80 Å². The fourth-order valence-corrected chi connectivity index (χ4v) is 1.65. The van der Waals surface area contributed by atoms with E-state index in [4.69, 9.17) is 0 Å². The zero-order valence-corrected chi connectivity index (χ0v) is 8.45. The molecular weight excluding hydrogens is 148 g/mol. The van der Waals surface area contributed by atoms with E-state index in [2.05, 4.69) is 43.0 Å². The number of hydrogen-bond donors (Lipinski definition) is 0. The van der Waals surface area contributed by atoms with Gasteiger partial charge in [-0.25, -0.2) is 0 Å². The van der Waals surface area contributed by atoms with Crippen LogP contribution in [-0.4, -0.2) is 49.6 Å². The Labute approximate surface area is 75.8 Å². The van der Waals surface area contributed by atoms with Crippen molar-refractivity contribution in [2.75, 3.05) is 33.7 Å². The zero-order valence-electron chi connectivity index (χ0n) is 8.45. The lowest BCUT2D eigenvalue weighted by molar-refractivity contribution is 0.280. The molecule has 0 saturated carbocycles. The Bertz CT molecular complexity index is 152. The maximum absolute atomic E-state index is 2.50. The lowest BCUT2D eigenvalue weighted by Gasteiger charge is -2.19. The Morgan fingerprint density at radius 3 is 2.75 bits per heavy atom. The first-order chi connectivity index (χ1) is 5.74. The lowest BCUT2D eigenvalue weighted by atomic mass is 10.2. The Morgan fingerprint density at radius 2 is 2.25 bits per heavy atom. The summed E-state index contributed by atoms with van der Waals surface area (Å²) in [4.78, 5) is 4.83. The van der Waals surface area contributed by atoms with E-state index >= 15 is 0 Å². The van der Waals surface area contributed by atoms with Crippen LogP contribution in [0.3, 0.4) is 0 Å². The lowest BCUT2D eigenvalue weighted by Crippen LogP contribution is -2.31. The molecule has 2 heteroatoms. The molecule has 0 aromatic heterocycles. The fraction of sp³-hybridized carbons (Fsp3) is 0.800. The van der Waals surface area contributed by atoms with Gasteiger partial charge < -0.3 is 4.90 Å². The molecule has 0 radical (unpaired) electrons. The molecular formula is C10H20N2. The average molecular weight is 168 g/mol.